The first-order valence-electron chi connectivity index (χ1n) is 6.22. The van der Waals surface area contributed by atoms with Crippen molar-refractivity contribution in [1.29, 1.82) is 0 Å². The monoisotopic (exact) mass is 236 g/mol. The van der Waals surface area contributed by atoms with Crippen LogP contribution >= 0.6 is 0 Å². The molecular weight excluding hydrogens is 216 g/mol. The first kappa shape index (κ1) is 12.2. The summed E-state index contributed by atoms with van der Waals surface area (Å²) >= 11 is 0. The molecule has 0 radical (unpaired) electrons. The summed E-state index contributed by atoms with van der Waals surface area (Å²) in [6.07, 6.45) is 6.24. The van der Waals surface area contributed by atoms with Gasteiger partial charge < -0.3 is 14.7 Å². The van der Waals surface area contributed by atoms with Crippen molar-refractivity contribution in [3.05, 3.63) is 18.3 Å². The van der Waals surface area contributed by atoms with Crippen LogP contribution in [0, 0.1) is 0 Å². The molecule has 0 spiro atoms. The first-order chi connectivity index (χ1) is 8.35. The van der Waals surface area contributed by atoms with Gasteiger partial charge in [0.25, 0.3) is 0 Å². The average molecular weight is 236 g/mol. The molecule has 4 nitrogen and oxygen atoms in total. The number of hydrogen-bond acceptors (Lipinski definition) is 4. The van der Waals surface area contributed by atoms with E-state index in [1.165, 1.54) is 12.8 Å². The van der Waals surface area contributed by atoms with E-state index in [1.54, 1.807) is 13.3 Å². The Labute approximate surface area is 102 Å². The maximum Gasteiger partial charge on any atom is 0.214 e. The SMILES string of the molecule is COc1cc(N2CCCCC2CCO)ccn1. The Hall–Kier alpha value is -1.29. The Morgan fingerprint density at radius 2 is 2.41 bits per heavy atom. The van der Waals surface area contributed by atoms with E-state index < -0.39 is 0 Å². The van der Waals surface area contributed by atoms with Crippen molar-refractivity contribution in [1.82, 2.24) is 4.98 Å². The molecule has 0 bridgehead atoms. The number of ether oxygens (including phenoxy) is 1. The van der Waals surface area contributed by atoms with Crippen LogP contribution < -0.4 is 9.64 Å². The largest absolute Gasteiger partial charge is 0.481 e. The highest BCUT2D eigenvalue weighted by Gasteiger charge is 2.22. The van der Waals surface area contributed by atoms with Crippen LogP contribution in [0.3, 0.4) is 0 Å². The summed E-state index contributed by atoms with van der Waals surface area (Å²) in [7, 11) is 1.63. The molecule has 0 aliphatic carbocycles. The van der Waals surface area contributed by atoms with Crippen LogP contribution in [-0.4, -0.2) is 36.4 Å². The second-order valence-corrected chi connectivity index (χ2v) is 4.41. The van der Waals surface area contributed by atoms with Crippen LogP contribution in [0.5, 0.6) is 5.88 Å². The molecule has 0 aromatic carbocycles. The van der Waals surface area contributed by atoms with Gasteiger partial charge in [-0.1, -0.05) is 0 Å². The predicted octanol–water partition coefficient (Wildman–Crippen LogP) is 1.83. The third-order valence-electron chi connectivity index (χ3n) is 3.35. The van der Waals surface area contributed by atoms with Gasteiger partial charge in [-0.2, -0.15) is 0 Å². The van der Waals surface area contributed by atoms with Crippen molar-refractivity contribution in [2.45, 2.75) is 31.7 Å². The maximum atomic E-state index is 9.12. The molecule has 1 aromatic heterocycles. The summed E-state index contributed by atoms with van der Waals surface area (Å²) in [6, 6.07) is 4.43. The molecule has 1 atom stereocenters. The lowest BCUT2D eigenvalue weighted by Crippen LogP contribution is -2.40. The number of aliphatic hydroxyl groups excluding tert-OH is 1. The molecular formula is C13H20N2O2. The number of aromatic nitrogens is 1. The fourth-order valence-corrected chi connectivity index (χ4v) is 2.48. The topological polar surface area (TPSA) is 45.6 Å². The lowest BCUT2D eigenvalue weighted by molar-refractivity contribution is 0.262. The molecule has 4 heteroatoms. The van der Waals surface area contributed by atoms with Gasteiger partial charge in [0.1, 0.15) is 0 Å². The Morgan fingerprint density at radius 3 is 3.18 bits per heavy atom. The Bertz CT molecular complexity index is 355. The zero-order chi connectivity index (χ0) is 12.1. The third kappa shape index (κ3) is 2.88. The molecule has 1 N–H and O–H groups in total. The van der Waals surface area contributed by atoms with Crippen LogP contribution in [0.4, 0.5) is 5.69 Å². The van der Waals surface area contributed by atoms with Crippen LogP contribution in [0.15, 0.2) is 18.3 Å². The van der Waals surface area contributed by atoms with Crippen molar-refractivity contribution in [3.8, 4) is 5.88 Å². The van der Waals surface area contributed by atoms with E-state index in [4.69, 9.17) is 9.84 Å². The van der Waals surface area contributed by atoms with E-state index in [-0.39, 0.29) is 6.61 Å². The van der Waals surface area contributed by atoms with E-state index in [9.17, 15) is 0 Å². The molecule has 94 valence electrons. The van der Waals surface area contributed by atoms with Crippen LogP contribution in [-0.2, 0) is 0 Å². The number of methoxy groups -OCH3 is 1. The normalized spacial score (nSPS) is 20.4. The Kier molecular flexibility index (Phi) is 4.20. The molecule has 17 heavy (non-hydrogen) atoms. The van der Waals surface area contributed by atoms with Gasteiger partial charge in [0.05, 0.1) is 7.11 Å². The molecule has 0 saturated carbocycles. The molecule has 1 saturated heterocycles. The maximum absolute atomic E-state index is 9.12. The number of hydrogen-bond donors (Lipinski definition) is 1. The minimum absolute atomic E-state index is 0.253. The number of aliphatic hydroxyl groups is 1. The molecule has 1 aliphatic heterocycles. The van der Waals surface area contributed by atoms with Crippen LogP contribution in [0.1, 0.15) is 25.7 Å². The van der Waals surface area contributed by atoms with Gasteiger partial charge >= 0.3 is 0 Å². The van der Waals surface area contributed by atoms with Gasteiger partial charge in [-0.05, 0) is 31.7 Å². The van der Waals surface area contributed by atoms with E-state index in [1.807, 2.05) is 12.1 Å². The van der Waals surface area contributed by atoms with Gasteiger partial charge in [0.2, 0.25) is 5.88 Å². The number of nitrogens with zero attached hydrogens (tertiary/aromatic N) is 2. The summed E-state index contributed by atoms with van der Waals surface area (Å²) in [5, 5.41) is 9.12. The van der Waals surface area contributed by atoms with E-state index >= 15 is 0 Å². The smallest absolute Gasteiger partial charge is 0.214 e. The number of rotatable bonds is 4. The Balaban J connectivity index is 2.16. The highest BCUT2D eigenvalue weighted by molar-refractivity contribution is 5.49. The second kappa shape index (κ2) is 5.87. The number of anilines is 1. The molecule has 0 amide bonds. The van der Waals surface area contributed by atoms with Gasteiger partial charge in [-0.25, -0.2) is 4.98 Å². The molecule has 1 aromatic rings. The van der Waals surface area contributed by atoms with Crippen molar-refractivity contribution >= 4 is 5.69 Å². The molecule has 1 unspecified atom stereocenters. The fraction of sp³-hybridized carbons (Fsp3) is 0.615. The molecule has 2 rings (SSSR count). The predicted molar refractivity (Wildman–Crippen MR) is 67.5 cm³/mol. The number of piperidine rings is 1. The van der Waals surface area contributed by atoms with Crippen LogP contribution in [0.25, 0.3) is 0 Å². The van der Waals surface area contributed by atoms with Crippen molar-refractivity contribution < 1.29 is 9.84 Å². The summed E-state index contributed by atoms with van der Waals surface area (Å²) in [5.74, 6) is 0.649. The van der Waals surface area contributed by atoms with Crippen molar-refractivity contribution in [3.63, 3.8) is 0 Å². The van der Waals surface area contributed by atoms with Crippen LogP contribution in [0.2, 0.25) is 0 Å². The lowest BCUT2D eigenvalue weighted by atomic mass is 9.99. The second-order valence-electron chi connectivity index (χ2n) is 4.41. The van der Waals surface area contributed by atoms with E-state index in [0.717, 1.165) is 25.1 Å². The zero-order valence-electron chi connectivity index (χ0n) is 10.3. The van der Waals surface area contributed by atoms with Gasteiger partial charge in [-0.3, -0.25) is 0 Å². The first-order valence-corrected chi connectivity index (χ1v) is 6.22. The quantitative estimate of drug-likeness (QED) is 0.866. The van der Waals surface area contributed by atoms with E-state index in [2.05, 4.69) is 9.88 Å². The Morgan fingerprint density at radius 1 is 1.53 bits per heavy atom. The van der Waals surface area contributed by atoms with Crippen molar-refractivity contribution in [2.24, 2.45) is 0 Å². The average Bonchev–Trinajstić information content (AvgIpc) is 2.40. The summed E-state index contributed by atoms with van der Waals surface area (Å²) in [4.78, 5) is 6.49. The van der Waals surface area contributed by atoms with Gasteiger partial charge in [0, 0.05) is 37.1 Å². The fourth-order valence-electron chi connectivity index (χ4n) is 2.48. The third-order valence-corrected chi connectivity index (χ3v) is 3.35. The summed E-state index contributed by atoms with van der Waals surface area (Å²) in [6.45, 7) is 1.31. The standard InChI is InChI=1S/C13H20N2O2/c1-17-13-10-12(5-7-14-13)15-8-3-2-4-11(15)6-9-16/h5,7,10-11,16H,2-4,6,8-9H2,1H3. The summed E-state index contributed by atoms with van der Waals surface area (Å²) < 4.78 is 5.15. The molecule has 1 aliphatic rings. The molecule has 1 fully saturated rings. The zero-order valence-corrected chi connectivity index (χ0v) is 10.3. The number of pyridine rings is 1. The highest BCUT2D eigenvalue weighted by atomic mass is 16.5. The lowest BCUT2D eigenvalue weighted by Gasteiger charge is -2.37. The van der Waals surface area contributed by atoms with E-state index in [0.29, 0.717) is 11.9 Å². The van der Waals surface area contributed by atoms with Gasteiger partial charge in [-0.15, -0.1) is 0 Å². The minimum atomic E-state index is 0.253. The minimum Gasteiger partial charge on any atom is -0.481 e. The highest BCUT2D eigenvalue weighted by Crippen LogP contribution is 2.27. The van der Waals surface area contributed by atoms with Crippen molar-refractivity contribution in [2.75, 3.05) is 25.2 Å². The van der Waals surface area contributed by atoms with Gasteiger partial charge in [0.15, 0.2) is 0 Å². The summed E-state index contributed by atoms with van der Waals surface area (Å²) in [5.41, 5.74) is 1.15. The molecule has 2 heterocycles.